The molecule has 0 aromatic heterocycles. The van der Waals surface area contributed by atoms with E-state index in [-0.39, 0.29) is 11.3 Å². The van der Waals surface area contributed by atoms with E-state index in [1.54, 1.807) is 6.21 Å². The van der Waals surface area contributed by atoms with Crippen molar-refractivity contribution in [2.75, 3.05) is 6.61 Å². The summed E-state index contributed by atoms with van der Waals surface area (Å²) in [7, 11) is 0. The van der Waals surface area contributed by atoms with E-state index in [2.05, 4.69) is 71.5 Å². The molecule has 0 aliphatic heterocycles. The van der Waals surface area contributed by atoms with Crippen LogP contribution >= 0.6 is 15.9 Å². The number of hydrogen-bond acceptors (Lipinski definition) is 3. The number of fused-ring (bicyclic) bond motifs is 1. The average Bonchev–Trinajstić information content (AvgIpc) is 2.71. The second kappa shape index (κ2) is 9.90. The van der Waals surface area contributed by atoms with Crippen LogP contribution in [0.25, 0.3) is 10.8 Å². The number of nitrogens with one attached hydrogen (secondary N) is 1. The summed E-state index contributed by atoms with van der Waals surface area (Å²) in [6, 6.07) is 20.3. The SMILES string of the molecule is CC(C)(C)c1ccc(OCCCC(=O)N/N=C/c2cccc3ccccc23)c(Br)c1. The number of carbonyl (C=O) groups is 1. The van der Waals surface area contributed by atoms with Gasteiger partial charge in [0.15, 0.2) is 0 Å². The zero-order valence-electron chi connectivity index (χ0n) is 17.6. The first-order chi connectivity index (χ1) is 14.3. The summed E-state index contributed by atoms with van der Waals surface area (Å²) in [5.74, 6) is 0.662. The van der Waals surface area contributed by atoms with Crippen LogP contribution in [0.1, 0.15) is 44.7 Å². The van der Waals surface area contributed by atoms with Gasteiger partial charge in [-0.3, -0.25) is 4.79 Å². The minimum absolute atomic E-state index is 0.0890. The minimum atomic E-state index is -0.128. The molecule has 0 bridgehead atoms. The second-order valence-electron chi connectivity index (χ2n) is 8.21. The van der Waals surface area contributed by atoms with E-state index in [1.807, 2.05) is 36.4 Å². The van der Waals surface area contributed by atoms with Gasteiger partial charge in [0.2, 0.25) is 5.91 Å². The van der Waals surface area contributed by atoms with Crippen LogP contribution in [0.2, 0.25) is 0 Å². The quantitative estimate of drug-likeness (QED) is 0.255. The Labute approximate surface area is 186 Å². The summed E-state index contributed by atoms with van der Waals surface area (Å²) in [4.78, 5) is 12.0. The highest BCUT2D eigenvalue weighted by atomic mass is 79.9. The Hall–Kier alpha value is -2.66. The van der Waals surface area contributed by atoms with E-state index in [9.17, 15) is 4.79 Å². The monoisotopic (exact) mass is 466 g/mol. The van der Waals surface area contributed by atoms with E-state index >= 15 is 0 Å². The predicted molar refractivity (Wildman–Crippen MR) is 127 cm³/mol. The molecule has 3 aromatic rings. The minimum Gasteiger partial charge on any atom is -0.492 e. The highest BCUT2D eigenvalue weighted by Crippen LogP contribution is 2.31. The van der Waals surface area contributed by atoms with Gasteiger partial charge in [0.25, 0.3) is 0 Å². The van der Waals surface area contributed by atoms with Crippen LogP contribution in [0.5, 0.6) is 5.75 Å². The number of hydrogen-bond donors (Lipinski definition) is 1. The lowest BCUT2D eigenvalue weighted by atomic mass is 9.87. The van der Waals surface area contributed by atoms with Gasteiger partial charge in [-0.2, -0.15) is 5.10 Å². The smallest absolute Gasteiger partial charge is 0.240 e. The van der Waals surface area contributed by atoms with Crippen LogP contribution in [0, 0.1) is 0 Å². The molecule has 3 aromatic carbocycles. The van der Waals surface area contributed by atoms with E-state index < -0.39 is 0 Å². The molecule has 4 nitrogen and oxygen atoms in total. The first-order valence-corrected chi connectivity index (χ1v) is 10.9. The Bertz CT molecular complexity index is 1050. The Morgan fingerprint density at radius 3 is 2.63 bits per heavy atom. The number of ether oxygens (including phenoxy) is 1. The lowest BCUT2D eigenvalue weighted by Gasteiger charge is -2.20. The molecule has 0 fully saturated rings. The second-order valence-corrected chi connectivity index (χ2v) is 9.06. The zero-order valence-corrected chi connectivity index (χ0v) is 19.2. The van der Waals surface area contributed by atoms with E-state index in [1.165, 1.54) is 5.56 Å². The molecule has 3 rings (SSSR count). The van der Waals surface area contributed by atoms with Gasteiger partial charge in [0.1, 0.15) is 5.75 Å². The number of hydrazone groups is 1. The van der Waals surface area contributed by atoms with Gasteiger partial charge in [-0.25, -0.2) is 5.43 Å². The van der Waals surface area contributed by atoms with Crippen molar-refractivity contribution in [2.45, 2.75) is 39.0 Å². The Morgan fingerprint density at radius 2 is 1.87 bits per heavy atom. The molecule has 0 aliphatic rings. The Kier molecular flexibility index (Phi) is 7.27. The summed E-state index contributed by atoms with van der Waals surface area (Å²) in [6.07, 6.45) is 2.65. The van der Waals surface area contributed by atoms with E-state index in [4.69, 9.17) is 4.74 Å². The number of halogens is 1. The molecule has 0 unspecified atom stereocenters. The van der Waals surface area contributed by atoms with Crippen molar-refractivity contribution in [3.05, 3.63) is 76.3 Å². The number of rotatable bonds is 7. The molecule has 0 saturated heterocycles. The van der Waals surface area contributed by atoms with Crippen LogP contribution in [0.15, 0.2) is 70.2 Å². The van der Waals surface area contributed by atoms with Crippen LogP contribution in [0.3, 0.4) is 0 Å². The first-order valence-electron chi connectivity index (χ1n) is 10.1. The largest absolute Gasteiger partial charge is 0.492 e. The molecule has 156 valence electrons. The fourth-order valence-corrected chi connectivity index (χ4v) is 3.59. The van der Waals surface area contributed by atoms with E-state index in [0.717, 1.165) is 26.6 Å². The number of nitrogens with zero attached hydrogens (tertiary/aromatic N) is 1. The molecule has 0 heterocycles. The maximum absolute atomic E-state index is 12.0. The van der Waals surface area contributed by atoms with Gasteiger partial charge in [-0.05, 0) is 56.2 Å². The fourth-order valence-electron chi connectivity index (χ4n) is 3.09. The Morgan fingerprint density at radius 1 is 1.10 bits per heavy atom. The summed E-state index contributed by atoms with van der Waals surface area (Å²) in [5.41, 5.74) is 4.90. The van der Waals surface area contributed by atoms with Crippen molar-refractivity contribution in [3.8, 4) is 5.75 Å². The molecular formula is C25H27BrN2O2. The third-order valence-corrected chi connectivity index (χ3v) is 5.44. The van der Waals surface area contributed by atoms with Crippen LogP contribution < -0.4 is 10.2 Å². The fraction of sp³-hybridized carbons (Fsp3) is 0.280. The molecular weight excluding hydrogens is 440 g/mol. The van der Waals surface area contributed by atoms with Gasteiger partial charge in [-0.15, -0.1) is 0 Å². The molecule has 0 aliphatic carbocycles. The molecule has 0 atom stereocenters. The third-order valence-electron chi connectivity index (χ3n) is 4.82. The van der Waals surface area contributed by atoms with Gasteiger partial charge in [-0.1, -0.05) is 69.3 Å². The van der Waals surface area contributed by atoms with Gasteiger partial charge < -0.3 is 4.74 Å². The van der Waals surface area contributed by atoms with Crippen molar-refractivity contribution >= 4 is 38.8 Å². The molecule has 1 N–H and O–H groups in total. The van der Waals surface area contributed by atoms with Crippen LogP contribution in [-0.4, -0.2) is 18.7 Å². The van der Waals surface area contributed by atoms with Gasteiger partial charge in [0.05, 0.1) is 17.3 Å². The summed E-state index contributed by atoms with van der Waals surface area (Å²) < 4.78 is 6.74. The average molecular weight is 467 g/mol. The zero-order chi connectivity index (χ0) is 21.6. The maximum atomic E-state index is 12.0. The summed E-state index contributed by atoms with van der Waals surface area (Å²) in [5, 5.41) is 6.35. The van der Waals surface area contributed by atoms with Crippen molar-refractivity contribution in [3.63, 3.8) is 0 Å². The van der Waals surface area contributed by atoms with Crippen molar-refractivity contribution in [2.24, 2.45) is 5.10 Å². The van der Waals surface area contributed by atoms with Crippen molar-refractivity contribution in [1.82, 2.24) is 5.43 Å². The topological polar surface area (TPSA) is 50.7 Å². The number of carbonyl (C=O) groups excluding carboxylic acids is 1. The third kappa shape index (κ3) is 5.92. The normalized spacial score (nSPS) is 11.7. The number of benzene rings is 3. The molecule has 0 spiro atoms. The van der Waals surface area contributed by atoms with Crippen LogP contribution in [-0.2, 0) is 10.2 Å². The highest BCUT2D eigenvalue weighted by molar-refractivity contribution is 9.10. The standard InChI is InChI=1S/C25H27BrN2O2/c1-25(2,3)20-13-14-23(22(26)16-20)30-15-7-12-24(29)28-27-17-19-10-6-9-18-8-4-5-11-21(18)19/h4-6,8-11,13-14,16-17H,7,12,15H2,1-3H3,(H,28,29)/b27-17+. The van der Waals surface area contributed by atoms with Crippen LogP contribution in [0.4, 0.5) is 0 Å². The van der Waals surface area contributed by atoms with Crippen molar-refractivity contribution in [1.29, 1.82) is 0 Å². The predicted octanol–water partition coefficient (Wildman–Crippen LogP) is 6.21. The molecule has 5 heteroatoms. The summed E-state index contributed by atoms with van der Waals surface area (Å²) in [6.45, 7) is 7.00. The molecule has 0 saturated carbocycles. The lowest BCUT2D eigenvalue weighted by molar-refractivity contribution is -0.121. The van der Waals surface area contributed by atoms with E-state index in [0.29, 0.717) is 19.4 Å². The van der Waals surface area contributed by atoms with Gasteiger partial charge >= 0.3 is 0 Å². The van der Waals surface area contributed by atoms with Crippen molar-refractivity contribution < 1.29 is 9.53 Å². The highest BCUT2D eigenvalue weighted by Gasteiger charge is 2.15. The molecule has 0 radical (unpaired) electrons. The molecule has 1 amide bonds. The van der Waals surface area contributed by atoms with Gasteiger partial charge in [0, 0.05) is 12.0 Å². The summed E-state index contributed by atoms with van der Waals surface area (Å²) >= 11 is 3.57. The first kappa shape index (κ1) is 22.0. The maximum Gasteiger partial charge on any atom is 0.240 e. The molecule has 30 heavy (non-hydrogen) atoms. The number of amides is 1. The lowest BCUT2D eigenvalue weighted by Crippen LogP contribution is -2.18. The Balaban J connectivity index is 1.45.